The van der Waals surface area contributed by atoms with Crippen LogP contribution in [0.2, 0.25) is 0 Å². The van der Waals surface area contributed by atoms with E-state index in [4.69, 9.17) is 0 Å². The van der Waals surface area contributed by atoms with Crippen LogP contribution < -0.4 is 5.73 Å². The maximum atomic E-state index is 4.04. The van der Waals surface area contributed by atoms with Gasteiger partial charge >= 0.3 is 0 Å². The van der Waals surface area contributed by atoms with Crippen LogP contribution in [-0.2, 0) is 0 Å². The number of hydrogen-bond acceptors (Lipinski definition) is 1. The topological polar surface area (TPSA) is 30.9 Å². The van der Waals surface area contributed by atoms with Crippen LogP contribution in [0.1, 0.15) is 19.8 Å². The SMILES string of the molecule is CCN1CCC([NH3+])CC1. The van der Waals surface area contributed by atoms with E-state index in [0.717, 1.165) is 6.04 Å². The van der Waals surface area contributed by atoms with E-state index in [0.29, 0.717) is 0 Å². The van der Waals surface area contributed by atoms with Gasteiger partial charge in [0.15, 0.2) is 0 Å². The summed E-state index contributed by atoms with van der Waals surface area (Å²) in [6.07, 6.45) is 2.60. The monoisotopic (exact) mass is 129 g/mol. The molecule has 0 unspecified atom stereocenters. The second-order valence-electron chi connectivity index (χ2n) is 2.88. The standard InChI is InChI=1S/C7H16N2/c1-2-9-5-3-7(8)4-6-9/h7H,2-6,8H2,1H3/p+1. The number of likely N-dealkylation sites (tertiary alicyclic amines) is 1. The molecule has 0 atom stereocenters. The lowest BCUT2D eigenvalue weighted by Gasteiger charge is -2.26. The lowest BCUT2D eigenvalue weighted by atomic mass is 10.1. The molecule has 1 saturated heterocycles. The predicted octanol–water partition coefficient (Wildman–Crippen LogP) is -0.287. The fourth-order valence-electron chi connectivity index (χ4n) is 1.30. The van der Waals surface area contributed by atoms with Gasteiger partial charge in [-0.15, -0.1) is 0 Å². The minimum Gasteiger partial charge on any atom is -0.355 e. The van der Waals surface area contributed by atoms with Crippen LogP contribution in [0.25, 0.3) is 0 Å². The molecule has 0 aromatic carbocycles. The Balaban J connectivity index is 2.18. The zero-order chi connectivity index (χ0) is 6.69. The summed E-state index contributed by atoms with van der Waals surface area (Å²) >= 11 is 0. The zero-order valence-corrected chi connectivity index (χ0v) is 6.27. The molecule has 9 heavy (non-hydrogen) atoms. The highest BCUT2D eigenvalue weighted by Crippen LogP contribution is 2.05. The van der Waals surface area contributed by atoms with E-state index in [-0.39, 0.29) is 0 Å². The molecule has 0 aromatic rings. The zero-order valence-electron chi connectivity index (χ0n) is 6.27. The van der Waals surface area contributed by atoms with Crippen molar-refractivity contribution in [2.75, 3.05) is 19.6 Å². The van der Waals surface area contributed by atoms with Crippen molar-refractivity contribution < 1.29 is 5.73 Å². The molecule has 0 bridgehead atoms. The minimum atomic E-state index is 0.729. The van der Waals surface area contributed by atoms with Crippen LogP contribution in [0.3, 0.4) is 0 Å². The highest BCUT2D eigenvalue weighted by atomic mass is 15.1. The molecular formula is C7H17N2+. The van der Waals surface area contributed by atoms with Gasteiger partial charge in [0.05, 0.1) is 6.04 Å². The Kier molecular flexibility index (Phi) is 2.49. The summed E-state index contributed by atoms with van der Waals surface area (Å²) in [6.45, 7) is 5.98. The first-order chi connectivity index (χ1) is 4.33. The molecule has 0 amide bonds. The van der Waals surface area contributed by atoms with Gasteiger partial charge < -0.3 is 10.6 Å². The van der Waals surface area contributed by atoms with Gasteiger partial charge in [-0.1, -0.05) is 6.92 Å². The Morgan fingerprint density at radius 1 is 1.44 bits per heavy atom. The Hall–Kier alpha value is -0.0800. The molecule has 2 nitrogen and oxygen atoms in total. The van der Waals surface area contributed by atoms with Crippen molar-refractivity contribution in [3.05, 3.63) is 0 Å². The highest BCUT2D eigenvalue weighted by Gasteiger charge is 2.15. The third kappa shape index (κ3) is 1.95. The molecule has 1 fully saturated rings. The Morgan fingerprint density at radius 3 is 2.44 bits per heavy atom. The van der Waals surface area contributed by atoms with E-state index in [9.17, 15) is 0 Å². The van der Waals surface area contributed by atoms with Crippen molar-refractivity contribution in [1.82, 2.24) is 4.90 Å². The summed E-state index contributed by atoms with van der Waals surface area (Å²) in [5.74, 6) is 0. The molecule has 0 aromatic heterocycles. The lowest BCUT2D eigenvalue weighted by molar-refractivity contribution is -0.426. The molecular weight excluding hydrogens is 112 g/mol. The fourth-order valence-corrected chi connectivity index (χ4v) is 1.30. The van der Waals surface area contributed by atoms with Crippen molar-refractivity contribution in [3.63, 3.8) is 0 Å². The molecule has 0 aliphatic carbocycles. The molecule has 1 aliphatic heterocycles. The first-order valence-electron chi connectivity index (χ1n) is 3.88. The van der Waals surface area contributed by atoms with Crippen molar-refractivity contribution in [3.8, 4) is 0 Å². The number of hydrogen-bond donors (Lipinski definition) is 1. The summed E-state index contributed by atoms with van der Waals surface area (Å²) in [7, 11) is 0. The Morgan fingerprint density at radius 2 is 2.00 bits per heavy atom. The van der Waals surface area contributed by atoms with Crippen molar-refractivity contribution in [2.45, 2.75) is 25.8 Å². The summed E-state index contributed by atoms with van der Waals surface area (Å²) in [4.78, 5) is 2.49. The average Bonchev–Trinajstić information content (AvgIpc) is 1.90. The number of rotatable bonds is 1. The van der Waals surface area contributed by atoms with Crippen LogP contribution in [0.4, 0.5) is 0 Å². The lowest BCUT2D eigenvalue weighted by Crippen LogP contribution is -2.64. The number of piperidine rings is 1. The quantitative estimate of drug-likeness (QED) is 0.518. The van der Waals surface area contributed by atoms with Crippen LogP contribution in [0.5, 0.6) is 0 Å². The third-order valence-electron chi connectivity index (χ3n) is 2.15. The van der Waals surface area contributed by atoms with E-state index in [1.165, 1.54) is 32.5 Å². The van der Waals surface area contributed by atoms with Gasteiger partial charge in [0.1, 0.15) is 0 Å². The summed E-state index contributed by atoms with van der Waals surface area (Å²) in [5, 5.41) is 0. The Labute approximate surface area is 57.0 Å². The van der Waals surface area contributed by atoms with Gasteiger partial charge in [0.2, 0.25) is 0 Å². The molecule has 1 aliphatic rings. The molecule has 54 valence electrons. The maximum absolute atomic E-state index is 4.04. The van der Waals surface area contributed by atoms with Crippen LogP contribution in [0, 0.1) is 0 Å². The largest absolute Gasteiger partial charge is 0.355 e. The van der Waals surface area contributed by atoms with Gasteiger partial charge in [-0.3, -0.25) is 0 Å². The highest BCUT2D eigenvalue weighted by molar-refractivity contribution is 4.68. The van der Waals surface area contributed by atoms with E-state index in [1.54, 1.807) is 0 Å². The van der Waals surface area contributed by atoms with E-state index in [1.807, 2.05) is 0 Å². The second-order valence-corrected chi connectivity index (χ2v) is 2.88. The second kappa shape index (κ2) is 3.18. The van der Waals surface area contributed by atoms with Crippen molar-refractivity contribution in [2.24, 2.45) is 0 Å². The van der Waals surface area contributed by atoms with E-state index in [2.05, 4.69) is 17.6 Å². The molecule has 0 saturated carbocycles. The van der Waals surface area contributed by atoms with E-state index >= 15 is 0 Å². The smallest absolute Gasteiger partial charge is 0.0868 e. The van der Waals surface area contributed by atoms with Crippen molar-refractivity contribution >= 4 is 0 Å². The molecule has 3 N–H and O–H groups in total. The van der Waals surface area contributed by atoms with E-state index < -0.39 is 0 Å². The molecule has 0 radical (unpaired) electrons. The summed E-state index contributed by atoms with van der Waals surface area (Å²) in [5.41, 5.74) is 4.04. The van der Waals surface area contributed by atoms with Gasteiger partial charge in [0.25, 0.3) is 0 Å². The normalized spacial score (nSPS) is 24.7. The van der Waals surface area contributed by atoms with Gasteiger partial charge in [-0.2, -0.15) is 0 Å². The van der Waals surface area contributed by atoms with Crippen LogP contribution in [-0.4, -0.2) is 30.6 Å². The number of quaternary nitrogens is 1. The molecule has 1 heterocycles. The van der Waals surface area contributed by atoms with Crippen LogP contribution >= 0.6 is 0 Å². The Bertz CT molecular complexity index is 75.0. The molecule has 1 rings (SSSR count). The summed E-state index contributed by atoms with van der Waals surface area (Å²) in [6, 6.07) is 0.729. The summed E-state index contributed by atoms with van der Waals surface area (Å²) < 4.78 is 0. The maximum Gasteiger partial charge on any atom is 0.0868 e. The first-order valence-corrected chi connectivity index (χ1v) is 3.88. The average molecular weight is 129 g/mol. The van der Waals surface area contributed by atoms with Crippen LogP contribution in [0.15, 0.2) is 0 Å². The number of nitrogens with zero attached hydrogens (tertiary/aromatic N) is 1. The van der Waals surface area contributed by atoms with Gasteiger partial charge in [-0.25, -0.2) is 0 Å². The van der Waals surface area contributed by atoms with Gasteiger partial charge in [-0.05, 0) is 6.54 Å². The molecule has 2 heteroatoms. The van der Waals surface area contributed by atoms with Crippen molar-refractivity contribution in [1.29, 1.82) is 0 Å². The minimum absolute atomic E-state index is 0.729. The third-order valence-corrected chi connectivity index (χ3v) is 2.15. The van der Waals surface area contributed by atoms with Gasteiger partial charge in [0, 0.05) is 25.9 Å². The fraction of sp³-hybridized carbons (Fsp3) is 1.00. The first kappa shape index (κ1) is 7.03. The predicted molar refractivity (Wildman–Crippen MR) is 38.0 cm³/mol. The molecule has 0 spiro atoms.